The summed E-state index contributed by atoms with van der Waals surface area (Å²) in [5.74, 6) is 1.17. The third-order valence-corrected chi connectivity index (χ3v) is 4.55. The molecular weight excluding hydrogens is 212 g/mol. The van der Waals surface area contributed by atoms with Gasteiger partial charge in [-0.3, -0.25) is 4.79 Å². The van der Waals surface area contributed by atoms with Crippen LogP contribution in [0.3, 0.4) is 0 Å². The SMILES string of the molecule is CCN(C(=O)C(C)C1CNC1)C1CCCCC1. The summed E-state index contributed by atoms with van der Waals surface area (Å²) < 4.78 is 0. The second-order valence-corrected chi connectivity index (χ2v) is 5.62. The summed E-state index contributed by atoms with van der Waals surface area (Å²) in [5, 5.41) is 3.26. The lowest BCUT2D eigenvalue weighted by Gasteiger charge is -2.39. The van der Waals surface area contributed by atoms with Crippen LogP contribution in [0.4, 0.5) is 0 Å². The zero-order chi connectivity index (χ0) is 12.3. The first-order valence-corrected chi connectivity index (χ1v) is 7.25. The van der Waals surface area contributed by atoms with E-state index in [-0.39, 0.29) is 5.92 Å². The second kappa shape index (κ2) is 5.85. The Morgan fingerprint density at radius 1 is 1.29 bits per heavy atom. The average Bonchev–Trinajstić information content (AvgIpc) is 2.29. The van der Waals surface area contributed by atoms with E-state index in [9.17, 15) is 4.79 Å². The van der Waals surface area contributed by atoms with Gasteiger partial charge in [-0.05, 0) is 38.8 Å². The maximum Gasteiger partial charge on any atom is 0.226 e. The van der Waals surface area contributed by atoms with Crippen LogP contribution in [0.1, 0.15) is 46.0 Å². The standard InChI is InChI=1S/C14H26N2O/c1-3-16(13-7-5-4-6-8-13)14(17)11(2)12-9-15-10-12/h11-13,15H,3-10H2,1-2H3. The molecule has 0 aromatic rings. The number of rotatable bonds is 4. The average molecular weight is 238 g/mol. The van der Waals surface area contributed by atoms with E-state index in [1.165, 1.54) is 32.1 Å². The highest BCUT2D eigenvalue weighted by Crippen LogP contribution is 2.26. The number of carbonyl (C=O) groups is 1. The molecule has 1 atom stereocenters. The molecule has 2 rings (SSSR count). The van der Waals surface area contributed by atoms with Crippen LogP contribution >= 0.6 is 0 Å². The summed E-state index contributed by atoms with van der Waals surface area (Å²) in [5.41, 5.74) is 0. The molecule has 3 nitrogen and oxygen atoms in total. The third-order valence-electron chi connectivity index (χ3n) is 4.55. The molecule has 0 aromatic heterocycles. The molecule has 1 unspecified atom stereocenters. The number of amides is 1. The molecule has 1 saturated carbocycles. The molecular formula is C14H26N2O. The predicted octanol–water partition coefficient (Wildman–Crippen LogP) is 2.02. The van der Waals surface area contributed by atoms with Gasteiger partial charge in [0.15, 0.2) is 0 Å². The van der Waals surface area contributed by atoms with E-state index < -0.39 is 0 Å². The van der Waals surface area contributed by atoms with Crippen molar-refractivity contribution in [1.29, 1.82) is 0 Å². The summed E-state index contributed by atoms with van der Waals surface area (Å²) in [6.45, 7) is 7.16. The minimum absolute atomic E-state index is 0.207. The van der Waals surface area contributed by atoms with Crippen molar-refractivity contribution >= 4 is 5.91 Å². The van der Waals surface area contributed by atoms with Crippen molar-refractivity contribution in [2.75, 3.05) is 19.6 Å². The molecule has 17 heavy (non-hydrogen) atoms. The van der Waals surface area contributed by atoms with Gasteiger partial charge in [-0.2, -0.15) is 0 Å². The monoisotopic (exact) mass is 238 g/mol. The quantitative estimate of drug-likeness (QED) is 0.812. The highest BCUT2D eigenvalue weighted by molar-refractivity contribution is 5.79. The van der Waals surface area contributed by atoms with Gasteiger partial charge in [0.05, 0.1) is 0 Å². The number of nitrogens with one attached hydrogen (secondary N) is 1. The smallest absolute Gasteiger partial charge is 0.226 e. The Labute approximate surface area is 105 Å². The summed E-state index contributed by atoms with van der Waals surface area (Å²) >= 11 is 0. The topological polar surface area (TPSA) is 32.3 Å². The predicted molar refractivity (Wildman–Crippen MR) is 69.8 cm³/mol. The fourth-order valence-corrected chi connectivity index (χ4v) is 3.11. The molecule has 98 valence electrons. The van der Waals surface area contributed by atoms with E-state index in [0.717, 1.165) is 19.6 Å². The Balaban J connectivity index is 1.93. The van der Waals surface area contributed by atoms with Crippen LogP contribution in [0.2, 0.25) is 0 Å². The van der Waals surface area contributed by atoms with Crippen LogP contribution < -0.4 is 5.32 Å². The van der Waals surface area contributed by atoms with Crippen molar-refractivity contribution in [3.8, 4) is 0 Å². The first-order chi connectivity index (χ1) is 8.24. The van der Waals surface area contributed by atoms with Gasteiger partial charge >= 0.3 is 0 Å². The lowest BCUT2D eigenvalue weighted by molar-refractivity contribution is -0.140. The van der Waals surface area contributed by atoms with Crippen molar-refractivity contribution in [3.05, 3.63) is 0 Å². The van der Waals surface area contributed by atoms with E-state index in [1.807, 2.05) is 0 Å². The van der Waals surface area contributed by atoms with Crippen LogP contribution in [-0.2, 0) is 4.79 Å². The maximum atomic E-state index is 12.5. The highest BCUT2D eigenvalue weighted by atomic mass is 16.2. The molecule has 0 spiro atoms. The molecule has 2 fully saturated rings. The summed E-state index contributed by atoms with van der Waals surface area (Å²) in [4.78, 5) is 14.7. The van der Waals surface area contributed by atoms with Crippen LogP contribution in [0.25, 0.3) is 0 Å². The molecule has 0 aromatic carbocycles. The number of carbonyl (C=O) groups excluding carboxylic acids is 1. The molecule has 2 aliphatic rings. The highest BCUT2D eigenvalue weighted by Gasteiger charge is 2.33. The molecule has 0 radical (unpaired) electrons. The normalized spacial score (nSPS) is 24.1. The Hall–Kier alpha value is -0.570. The largest absolute Gasteiger partial charge is 0.340 e. The van der Waals surface area contributed by atoms with Gasteiger partial charge in [-0.15, -0.1) is 0 Å². The van der Waals surface area contributed by atoms with Crippen molar-refractivity contribution < 1.29 is 4.79 Å². The van der Waals surface area contributed by atoms with Crippen LogP contribution in [-0.4, -0.2) is 36.5 Å². The number of hydrogen-bond acceptors (Lipinski definition) is 2. The summed E-state index contributed by atoms with van der Waals surface area (Å²) in [7, 11) is 0. The molecule has 0 bridgehead atoms. The van der Waals surface area contributed by atoms with Gasteiger partial charge in [0.2, 0.25) is 5.91 Å². The lowest BCUT2D eigenvalue weighted by Crippen LogP contribution is -2.52. The van der Waals surface area contributed by atoms with Gasteiger partial charge in [-0.1, -0.05) is 26.2 Å². The van der Waals surface area contributed by atoms with Crippen LogP contribution in [0.15, 0.2) is 0 Å². The van der Waals surface area contributed by atoms with Crippen molar-refractivity contribution in [2.24, 2.45) is 11.8 Å². The van der Waals surface area contributed by atoms with E-state index >= 15 is 0 Å². The Morgan fingerprint density at radius 2 is 1.94 bits per heavy atom. The molecule has 1 N–H and O–H groups in total. The number of hydrogen-bond donors (Lipinski definition) is 1. The zero-order valence-electron chi connectivity index (χ0n) is 11.2. The zero-order valence-corrected chi connectivity index (χ0v) is 11.2. The Morgan fingerprint density at radius 3 is 2.41 bits per heavy atom. The molecule has 1 amide bonds. The minimum atomic E-state index is 0.207. The maximum absolute atomic E-state index is 12.5. The molecule has 1 saturated heterocycles. The summed E-state index contributed by atoms with van der Waals surface area (Å²) in [6.07, 6.45) is 6.39. The van der Waals surface area contributed by atoms with Crippen molar-refractivity contribution in [2.45, 2.75) is 52.0 Å². The van der Waals surface area contributed by atoms with Gasteiger partial charge in [0, 0.05) is 18.5 Å². The molecule has 1 heterocycles. The fourth-order valence-electron chi connectivity index (χ4n) is 3.11. The molecule has 1 aliphatic heterocycles. The van der Waals surface area contributed by atoms with Gasteiger partial charge in [0.1, 0.15) is 0 Å². The third kappa shape index (κ3) is 2.82. The fraction of sp³-hybridized carbons (Fsp3) is 0.929. The second-order valence-electron chi connectivity index (χ2n) is 5.62. The van der Waals surface area contributed by atoms with Gasteiger partial charge in [0.25, 0.3) is 0 Å². The lowest BCUT2D eigenvalue weighted by atomic mass is 9.86. The Bertz CT molecular complexity index is 257. The van der Waals surface area contributed by atoms with E-state index in [0.29, 0.717) is 17.9 Å². The van der Waals surface area contributed by atoms with Crippen LogP contribution in [0.5, 0.6) is 0 Å². The van der Waals surface area contributed by atoms with E-state index in [1.54, 1.807) is 0 Å². The van der Waals surface area contributed by atoms with Crippen molar-refractivity contribution in [3.63, 3.8) is 0 Å². The van der Waals surface area contributed by atoms with E-state index in [4.69, 9.17) is 0 Å². The van der Waals surface area contributed by atoms with Crippen molar-refractivity contribution in [1.82, 2.24) is 10.2 Å². The molecule has 1 aliphatic carbocycles. The van der Waals surface area contributed by atoms with Gasteiger partial charge in [-0.25, -0.2) is 0 Å². The number of nitrogens with zero attached hydrogens (tertiary/aromatic N) is 1. The summed E-state index contributed by atoms with van der Waals surface area (Å²) in [6, 6.07) is 0.525. The Kier molecular flexibility index (Phi) is 4.43. The van der Waals surface area contributed by atoms with Crippen LogP contribution in [0, 0.1) is 11.8 Å². The first kappa shape index (κ1) is 12.9. The minimum Gasteiger partial charge on any atom is -0.340 e. The van der Waals surface area contributed by atoms with E-state index in [2.05, 4.69) is 24.1 Å². The molecule has 3 heteroatoms. The van der Waals surface area contributed by atoms with Gasteiger partial charge < -0.3 is 10.2 Å². The first-order valence-electron chi connectivity index (χ1n) is 7.25.